The smallest absolute Gasteiger partial charge is 0.410 e. The van der Waals surface area contributed by atoms with Gasteiger partial charge < -0.3 is 10.1 Å². The lowest BCUT2D eigenvalue weighted by Gasteiger charge is -2.33. The molecule has 0 saturated carbocycles. The van der Waals surface area contributed by atoms with Gasteiger partial charge in [0.15, 0.2) is 0 Å². The molecular formula is C15H19FN2O3. The van der Waals surface area contributed by atoms with Crippen LogP contribution in [0.15, 0.2) is 24.3 Å². The predicted molar refractivity (Wildman–Crippen MR) is 75.2 cm³/mol. The van der Waals surface area contributed by atoms with Crippen LogP contribution in [0.1, 0.15) is 19.4 Å². The van der Waals surface area contributed by atoms with Crippen LogP contribution >= 0.6 is 0 Å². The zero-order valence-corrected chi connectivity index (χ0v) is 12.2. The second-order valence-electron chi connectivity index (χ2n) is 5.66. The number of benzene rings is 1. The summed E-state index contributed by atoms with van der Waals surface area (Å²) in [4.78, 5) is 25.0. The monoisotopic (exact) mass is 294 g/mol. The molecule has 1 saturated heterocycles. The first kappa shape index (κ1) is 15.3. The highest BCUT2D eigenvalue weighted by Crippen LogP contribution is 2.18. The SMILES string of the molecule is CC(C)(CNC(=O)Cc1ccc(F)cc1)N1CCOC1=O. The number of hydrogen-bond acceptors (Lipinski definition) is 3. The van der Waals surface area contributed by atoms with Gasteiger partial charge in [-0.3, -0.25) is 9.69 Å². The van der Waals surface area contributed by atoms with Crippen LogP contribution in [-0.4, -0.2) is 42.1 Å². The van der Waals surface area contributed by atoms with Crippen molar-refractivity contribution in [2.24, 2.45) is 0 Å². The Hall–Kier alpha value is -2.11. The third-order valence-corrected chi connectivity index (χ3v) is 3.49. The van der Waals surface area contributed by atoms with Crippen LogP contribution in [0.2, 0.25) is 0 Å². The summed E-state index contributed by atoms with van der Waals surface area (Å²) in [6.07, 6.45) is -0.173. The Bertz CT molecular complexity index is 528. The maximum atomic E-state index is 12.8. The van der Waals surface area contributed by atoms with E-state index in [1.165, 1.54) is 12.1 Å². The van der Waals surface area contributed by atoms with Gasteiger partial charge in [0.2, 0.25) is 5.91 Å². The normalized spacial score (nSPS) is 15.0. The maximum absolute atomic E-state index is 12.8. The fourth-order valence-corrected chi connectivity index (χ4v) is 2.20. The number of ether oxygens (including phenoxy) is 1. The van der Waals surface area contributed by atoms with Crippen molar-refractivity contribution in [1.29, 1.82) is 0 Å². The van der Waals surface area contributed by atoms with Gasteiger partial charge in [-0.05, 0) is 31.5 Å². The van der Waals surface area contributed by atoms with E-state index in [-0.39, 0.29) is 24.2 Å². The van der Waals surface area contributed by atoms with Gasteiger partial charge in [-0.2, -0.15) is 0 Å². The Labute approximate surface area is 123 Å². The van der Waals surface area contributed by atoms with Crippen LogP contribution in [0.3, 0.4) is 0 Å². The molecule has 2 amide bonds. The van der Waals surface area contributed by atoms with Crippen molar-refractivity contribution in [2.45, 2.75) is 25.8 Å². The molecule has 0 unspecified atom stereocenters. The molecule has 21 heavy (non-hydrogen) atoms. The summed E-state index contributed by atoms with van der Waals surface area (Å²) in [7, 11) is 0. The Kier molecular flexibility index (Phi) is 4.45. The van der Waals surface area contributed by atoms with Crippen LogP contribution in [0.4, 0.5) is 9.18 Å². The van der Waals surface area contributed by atoms with Gasteiger partial charge in [0.25, 0.3) is 0 Å². The molecular weight excluding hydrogens is 275 g/mol. The Morgan fingerprint density at radius 1 is 1.38 bits per heavy atom. The van der Waals surface area contributed by atoms with Gasteiger partial charge in [-0.1, -0.05) is 12.1 Å². The zero-order chi connectivity index (χ0) is 15.5. The van der Waals surface area contributed by atoms with Crippen molar-refractivity contribution >= 4 is 12.0 Å². The van der Waals surface area contributed by atoms with Crippen LogP contribution < -0.4 is 5.32 Å². The topological polar surface area (TPSA) is 58.6 Å². The highest BCUT2D eigenvalue weighted by molar-refractivity contribution is 5.78. The molecule has 0 aromatic heterocycles. The van der Waals surface area contributed by atoms with E-state index in [0.29, 0.717) is 19.7 Å². The van der Waals surface area contributed by atoms with Crippen molar-refractivity contribution < 1.29 is 18.7 Å². The first-order chi connectivity index (χ1) is 9.88. The molecule has 114 valence electrons. The fourth-order valence-electron chi connectivity index (χ4n) is 2.20. The number of nitrogens with one attached hydrogen (secondary N) is 1. The van der Waals surface area contributed by atoms with E-state index < -0.39 is 5.54 Å². The molecule has 1 aliphatic heterocycles. The van der Waals surface area contributed by atoms with E-state index in [0.717, 1.165) is 5.56 Å². The molecule has 1 heterocycles. The molecule has 5 nitrogen and oxygen atoms in total. The molecule has 2 rings (SSSR count). The Morgan fingerprint density at radius 2 is 2.05 bits per heavy atom. The van der Waals surface area contributed by atoms with E-state index in [4.69, 9.17) is 4.74 Å². The minimum absolute atomic E-state index is 0.165. The van der Waals surface area contributed by atoms with Crippen molar-refractivity contribution in [1.82, 2.24) is 10.2 Å². The van der Waals surface area contributed by atoms with E-state index in [1.807, 2.05) is 13.8 Å². The number of hydrogen-bond donors (Lipinski definition) is 1. The quantitative estimate of drug-likeness (QED) is 0.899. The molecule has 1 aromatic rings. The lowest BCUT2D eigenvalue weighted by Crippen LogP contribution is -2.52. The molecule has 0 atom stereocenters. The molecule has 0 aliphatic carbocycles. The van der Waals surface area contributed by atoms with Crippen molar-refractivity contribution in [2.75, 3.05) is 19.7 Å². The highest BCUT2D eigenvalue weighted by Gasteiger charge is 2.35. The molecule has 1 fully saturated rings. The first-order valence-electron chi connectivity index (χ1n) is 6.84. The Balaban J connectivity index is 1.85. The van der Waals surface area contributed by atoms with Crippen LogP contribution in [0, 0.1) is 5.82 Å². The first-order valence-corrected chi connectivity index (χ1v) is 6.84. The minimum atomic E-state index is -0.508. The van der Waals surface area contributed by atoms with Gasteiger partial charge in [-0.25, -0.2) is 9.18 Å². The van der Waals surface area contributed by atoms with Crippen molar-refractivity contribution in [3.05, 3.63) is 35.6 Å². The maximum Gasteiger partial charge on any atom is 0.410 e. The number of amides is 2. The fraction of sp³-hybridized carbons (Fsp3) is 0.467. The number of carbonyl (C=O) groups excluding carboxylic acids is 2. The van der Waals surface area contributed by atoms with Crippen molar-refractivity contribution in [3.8, 4) is 0 Å². The van der Waals surface area contributed by atoms with Crippen LogP contribution in [0.25, 0.3) is 0 Å². The average molecular weight is 294 g/mol. The largest absolute Gasteiger partial charge is 0.448 e. The summed E-state index contributed by atoms with van der Waals surface area (Å²) in [6.45, 7) is 4.99. The van der Waals surface area contributed by atoms with Gasteiger partial charge >= 0.3 is 6.09 Å². The highest BCUT2D eigenvalue weighted by atomic mass is 19.1. The Morgan fingerprint density at radius 3 is 2.62 bits per heavy atom. The summed E-state index contributed by atoms with van der Waals surface area (Å²) in [5.74, 6) is -0.491. The van der Waals surface area contributed by atoms with E-state index in [9.17, 15) is 14.0 Å². The molecule has 6 heteroatoms. The lowest BCUT2D eigenvalue weighted by molar-refractivity contribution is -0.120. The van der Waals surface area contributed by atoms with E-state index >= 15 is 0 Å². The van der Waals surface area contributed by atoms with Crippen LogP contribution in [0.5, 0.6) is 0 Å². The summed E-state index contributed by atoms with van der Waals surface area (Å²) >= 11 is 0. The third-order valence-electron chi connectivity index (χ3n) is 3.49. The summed E-state index contributed by atoms with van der Waals surface area (Å²) < 4.78 is 17.7. The number of halogens is 1. The second kappa shape index (κ2) is 6.11. The molecule has 1 aliphatic rings. The third kappa shape index (κ3) is 3.93. The van der Waals surface area contributed by atoms with Gasteiger partial charge in [0.1, 0.15) is 12.4 Å². The minimum Gasteiger partial charge on any atom is -0.448 e. The zero-order valence-electron chi connectivity index (χ0n) is 12.2. The van der Waals surface area contributed by atoms with Crippen LogP contribution in [-0.2, 0) is 16.0 Å². The van der Waals surface area contributed by atoms with E-state index in [2.05, 4.69) is 5.32 Å². The molecule has 1 N–H and O–H groups in total. The molecule has 1 aromatic carbocycles. The number of rotatable bonds is 5. The van der Waals surface area contributed by atoms with Gasteiger partial charge in [0.05, 0.1) is 18.5 Å². The number of cyclic esters (lactones) is 1. The summed E-state index contributed by atoms with van der Waals surface area (Å²) in [5.41, 5.74) is 0.235. The summed E-state index contributed by atoms with van der Waals surface area (Å²) in [5, 5.41) is 2.80. The second-order valence-corrected chi connectivity index (χ2v) is 5.66. The molecule has 0 radical (unpaired) electrons. The number of carbonyl (C=O) groups is 2. The van der Waals surface area contributed by atoms with Gasteiger partial charge in [-0.15, -0.1) is 0 Å². The van der Waals surface area contributed by atoms with Gasteiger partial charge in [0, 0.05) is 6.54 Å². The van der Waals surface area contributed by atoms with Crippen molar-refractivity contribution in [3.63, 3.8) is 0 Å². The predicted octanol–water partition coefficient (Wildman–Crippen LogP) is 1.72. The average Bonchev–Trinajstić information content (AvgIpc) is 2.86. The standard InChI is InChI=1S/C15H19FN2O3/c1-15(2,18-7-8-21-14(18)20)10-17-13(19)9-11-3-5-12(16)6-4-11/h3-6H,7-10H2,1-2H3,(H,17,19). The number of nitrogens with zero attached hydrogens (tertiary/aromatic N) is 1. The molecule has 0 spiro atoms. The summed E-state index contributed by atoms with van der Waals surface area (Å²) in [6, 6.07) is 5.81. The lowest BCUT2D eigenvalue weighted by atomic mass is 10.0. The molecule has 0 bridgehead atoms. The van der Waals surface area contributed by atoms with E-state index in [1.54, 1.807) is 17.0 Å².